The van der Waals surface area contributed by atoms with Crippen LogP contribution in [-0.4, -0.2) is 47.7 Å². The molecule has 4 rings (SSSR count). The molecule has 1 fully saturated rings. The van der Waals surface area contributed by atoms with E-state index in [1.165, 1.54) is 17.7 Å². The summed E-state index contributed by atoms with van der Waals surface area (Å²) in [4.78, 5) is 18.1. The van der Waals surface area contributed by atoms with E-state index in [-0.39, 0.29) is 11.4 Å². The number of piperidine rings is 1. The van der Waals surface area contributed by atoms with Gasteiger partial charge in [-0.3, -0.25) is 14.7 Å². The number of carboxylic acid groups (broad SMARTS) is 1. The summed E-state index contributed by atoms with van der Waals surface area (Å²) in [5, 5.41) is 10.5. The number of ether oxygens (including phenoxy) is 1. The van der Waals surface area contributed by atoms with Crippen LogP contribution in [0.5, 0.6) is 5.75 Å². The van der Waals surface area contributed by atoms with Crippen LogP contribution in [0.2, 0.25) is 5.02 Å². The standard InChI is InChI=1S/C30H32ClFN2O3/c1-37-25-9-11-29-26(19-25)23(13-15-33-29)6-2-5-22-14-17-34(20-24(22)8-12-30(35)36)16-3-4-21-7-10-28(32)27(31)18-21/h7,9-11,13,15,18-19,22,24H,2,5-6,8,12,14,16-17,20H2,1H3,(H,35,36)/t22-,24+/m1/s1. The number of pyridine rings is 1. The first kappa shape index (κ1) is 26.9. The minimum atomic E-state index is -0.749. The van der Waals surface area contributed by atoms with Gasteiger partial charge in [0, 0.05) is 30.1 Å². The van der Waals surface area contributed by atoms with Gasteiger partial charge in [-0.25, -0.2) is 4.39 Å². The van der Waals surface area contributed by atoms with Gasteiger partial charge in [0.15, 0.2) is 0 Å². The van der Waals surface area contributed by atoms with Gasteiger partial charge in [-0.2, -0.15) is 0 Å². The lowest BCUT2D eigenvalue weighted by Gasteiger charge is -2.38. The van der Waals surface area contributed by atoms with Crippen LogP contribution in [0.1, 0.15) is 43.2 Å². The van der Waals surface area contributed by atoms with Gasteiger partial charge in [0.25, 0.3) is 0 Å². The van der Waals surface area contributed by atoms with Crippen molar-refractivity contribution in [2.24, 2.45) is 11.8 Å². The highest BCUT2D eigenvalue weighted by atomic mass is 35.5. The number of aryl methyl sites for hydroxylation is 1. The van der Waals surface area contributed by atoms with E-state index in [1.807, 2.05) is 24.4 Å². The number of halogens is 2. The molecule has 0 spiro atoms. The van der Waals surface area contributed by atoms with Crippen molar-refractivity contribution in [2.45, 2.75) is 38.5 Å². The molecule has 1 aliphatic rings. The highest BCUT2D eigenvalue weighted by Gasteiger charge is 2.29. The summed E-state index contributed by atoms with van der Waals surface area (Å²) in [6.45, 7) is 2.37. The first-order valence-electron chi connectivity index (χ1n) is 12.7. The van der Waals surface area contributed by atoms with Crippen LogP contribution >= 0.6 is 11.6 Å². The van der Waals surface area contributed by atoms with E-state index in [4.69, 9.17) is 16.3 Å². The van der Waals surface area contributed by atoms with Crippen LogP contribution in [0, 0.1) is 29.5 Å². The number of aliphatic carboxylic acids is 1. The SMILES string of the molecule is COc1ccc2nccc(CCC[C@@H]3CCN(CC#Cc4ccc(F)c(Cl)c4)C[C@@H]3CCC(=O)O)c2c1. The number of carbonyl (C=O) groups is 1. The summed E-state index contributed by atoms with van der Waals surface area (Å²) in [7, 11) is 1.67. The molecular weight excluding hydrogens is 491 g/mol. The Morgan fingerprint density at radius 3 is 2.86 bits per heavy atom. The highest BCUT2D eigenvalue weighted by Crippen LogP contribution is 2.32. The number of aromatic nitrogens is 1. The lowest BCUT2D eigenvalue weighted by atomic mass is 9.79. The lowest BCUT2D eigenvalue weighted by molar-refractivity contribution is -0.137. The molecule has 194 valence electrons. The summed E-state index contributed by atoms with van der Waals surface area (Å²) < 4.78 is 18.8. The molecule has 1 aliphatic heterocycles. The van der Waals surface area contributed by atoms with Crippen LogP contribution in [0.25, 0.3) is 10.9 Å². The van der Waals surface area contributed by atoms with Crippen molar-refractivity contribution in [1.82, 2.24) is 9.88 Å². The Bertz CT molecular complexity index is 1300. The maximum atomic E-state index is 13.4. The second-order valence-electron chi connectivity index (χ2n) is 9.65. The zero-order chi connectivity index (χ0) is 26.2. The topological polar surface area (TPSA) is 62.7 Å². The monoisotopic (exact) mass is 522 g/mol. The summed E-state index contributed by atoms with van der Waals surface area (Å²) in [5.74, 6) is 6.67. The minimum absolute atomic E-state index is 0.0697. The summed E-state index contributed by atoms with van der Waals surface area (Å²) in [5.41, 5.74) is 2.92. The van der Waals surface area contributed by atoms with E-state index >= 15 is 0 Å². The summed E-state index contributed by atoms with van der Waals surface area (Å²) >= 11 is 5.85. The molecule has 0 saturated carbocycles. The normalized spacial score (nSPS) is 17.8. The fraction of sp³-hybridized carbons (Fsp3) is 0.400. The van der Waals surface area contributed by atoms with Gasteiger partial charge < -0.3 is 9.84 Å². The number of hydrogen-bond acceptors (Lipinski definition) is 4. The highest BCUT2D eigenvalue weighted by molar-refractivity contribution is 6.30. The molecule has 2 heterocycles. The molecule has 5 nitrogen and oxygen atoms in total. The van der Waals surface area contributed by atoms with Crippen LogP contribution in [-0.2, 0) is 11.2 Å². The van der Waals surface area contributed by atoms with Crippen LogP contribution < -0.4 is 4.74 Å². The van der Waals surface area contributed by atoms with E-state index in [0.29, 0.717) is 30.4 Å². The quantitative estimate of drug-likeness (QED) is 0.338. The first-order valence-corrected chi connectivity index (χ1v) is 13.1. The van der Waals surface area contributed by atoms with Gasteiger partial charge >= 0.3 is 5.97 Å². The van der Waals surface area contributed by atoms with Crippen LogP contribution in [0.15, 0.2) is 48.7 Å². The Labute approximate surface area is 222 Å². The predicted molar refractivity (Wildman–Crippen MR) is 144 cm³/mol. The number of likely N-dealkylation sites (tertiary alicyclic amines) is 1. The number of rotatable bonds is 9. The minimum Gasteiger partial charge on any atom is -0.497 e. The second-order valence-corrected chi connectivity index (χ2v) is 10.1. The molecule has 0 unspecified atom stereocenters. The molecule has 1 aromatic heterocycles. The molecule has 0 amide bonds. The number of carboxylic acids is 1. The van der Waals surface area contributed by atoms with Crippen molar-refractivity contribution >= 4 is 28.5 Å². The number of benzene rings is 2. The van der Waals surface area contributed by atoms with Crippen LogP contribution in [0.4, 0.5) is 4.39 Å². The molecule has 7 heteroatoms. The van der Waals surface area contributed by atoms with Gasteiger partial charge in [-0.05, 0) is 98.5 Å². The molecule has 1 saturated heterocycles. The maximum absolute atomic E-state index is 13.4. The third-order valence-corrected chi connectivity index (χ3v) is 7.51. The fourth-order valence-corrected chi connectivity index (χ4v) is 5.41. The Balaban J connectivity index is 1.36. The summed E-state index contributed by atoms with van der Waals surface area (Å²) in [6.07, 6.45) is 6.79. The van der Waals surface area contributed by atoms with E-state index in [2.05, 4.69) is 27.8 Å². The van der Waals surface area contributed by atoms with Crippen molar-refractivity contribution in [1.29, 1.82) is 0 Å². The zero-order valence-electron chi connectivity index (χ0n) is 21.1. The molecule has 0 aliphatic carbocycles. The lowest BCUT2D eigenvalue weighted by Crippen LogP contribution is -2.41. The third-order valence-electron chi connectivity index (χ3n) is 7.22. The molecule has 0 radical (unpaired) electrons. The second kappa shape index (κ2) is 12.9. The molecule has 2 atom stereocenters. The van der Waals surface area contributed by atoms with E-state index in [9.17, 15) is 14.3 Å². The number of nitrogens with zero attached hydrogens (tertiary/aromatic N) is 2. The van der Waals surface area contributed by atoms with Gasteiger partial charge in [0.2, 0.25) is 0 Å². The van der Waals surface area contributed by atoms with Crippen molar-refractivity contribution in [3.05, 3.63) is 70.6 Å². The largest absolute Gasteiger partial charge is 0.497 e. The molecular formula is C30H32ClFN2O3. The average molecular weight is 523 g/mol. The molecule has 37 heavy (non-hydrogen) atoms. The number of methoxy groups -OCH3 is 1. The Kier molecular flexibility index (Phi) is 9.38. The molecule has 1 N–H and O–H groups in total. The number of fused-ring (bicyclic) bond motifs is 1. The van der Waals surface area contributed by atoms with E-state index in [0.717, 1.165) is 55.4 Å². The maximum Gasteiger partial charge on any atom is 0.303 e. The molecule has 3 aromatic rings. The van der Waals surface area contributed by atoms with E-state index in [1.54, 1.807) is 13.2 Å². The van der Waals surface area contributed by atoms with Crippen molar-refractivity contribution in [3.63, 3.8) is 0 Å². The summed E-state index contributed by atoms with van der Waals surface area (Å²) in [6, 6.07) is 12.5. The zero-order valence-corrected chi connectivity index (χ0v) is 21.8. The van der Waals surface area contributed by atoms with Gasteiger partial charge in [0.05, 0.1) is 24.2 Å². The van der Waals surface area contributed by atoms with Crippen molar-refractivity contribution < 1.29 is 19.0 Å². The smallest absolute Gasteiger partial charge is 0.303 e. The van der Waals surface area contributed by atoms with Gasteiger partial charge in [0.1, 0.15) is 11.6 Å². The number of hydrogen-bond donors (Lipinski definition) is 1. The van der Waals surface area contributed by atoms with Crippen molar-refractivity contribution in [3.8, 4) is 17.6 Å². The van der Waals surface area contributed by atoms with Gasteiger partial charge in [-0.15, -0.1) is 0 Å². The Morgan fingerprint density at radius 2 is 2.08 bits per heavy atom. The van der Waals surface area contributed by atoms with Crippen molar-refractivity contribution in [2.75, 3.05) is 26.7 Å². The molecule has 0 bridgehead atoms. The third kappa shape index (κ3) is 7.44. The Hall–Kier alpha value is -3.14. The fourth-order valence-electron chi connectivity index (χ4n) is 5.22. The van der Waals surface area contributed by atoms with Crippen LogP contribution in [0.3, 0.4) is 0 Å². The predicted octanol–water partition coefficient (Wildman–Crippen LogP) is 6.21. The Morgan fingerprint density at radius 1 is 1.22 bits per heavy atom. The van der Waals surface area contributed by atoms with E-state index < -0.39 is 11.8 Å². The van der Waals surface area contributed by atoms with Gasteiger partial charge in [-0.1, -0.05) is 23.4 Å². The molecule has 2 aromatic carbocycles. The average Bonchev–Trinajstić information content (AvgIpc) is 2.90. The first-order chi connectivity index (χ1) is 17.9.